The number of amides is 1. The van der Waals surface area contributed by atoms with Crippen molar-refractivity contribution >= 4 is 39.1 Å². The minimum Gasteiger partial charge on any atom is -0.497 e. The lowest BCUT2D eigenvalue weighted by atomic mass is 10.00. The fourth-order valence-corrected chi connectivity index (χ4v) is 5.68. The van der Waals surface area contributed by atoms with E-state index >= 15 is 0 Å². The Morgan fingerprint density at radius 1 is 0.846 bits per heavy atom. The minimum atomic E-state index is -0.518. The Balaban J connectivity index is 1.60. The second-order valence-electron chi connectivity index (χ2n) is 9.28. The molecule has 1 N–H and O–H groups in total. The third-order valence-corrected chi connectivity index (χ3v) is 7.86. The molecule has 2 aromatic heterocycles. The van der Waals surface area contributed by atoms with Crippen molar-refractivity contribution in [3.63, 3.8) is 0 Å². The van der Waals surface area contributed by atoms with Gasteiger partial charge in [0.15, 0.2) is 0 Å². The Morgan fingerprint density at radius 3 is 2.26 bits per heavy atom. The largest absolute Gasteiger partial charge is 0.497 e. The summed E-state index contributed by atoms with van der Waals surface area (Å²) < 4.78 is 10.4. The number of hydrogen-bond donors (Lipinski definition) is 1. The Bertz CT molecular complexity index is 1720. The number of esters is 1. The number of benzene rings is 3. The average Bonchev–Trinajstić information content (AvgIpc) is 3.28. The highest BCUT2D eigenvalue weighted by Crippen LogP contribution is 2.41. The van der Waals surface area contributed by atoms with E-state index in [0.717, 1.165) is 32.5 Å². The smallest absolute Gasteiger partial charge is 0.341 e. The summed E-state index contributed by atoms with van der Waals surface area (Å²) >= 11 is 1.34. The van der Waals surface area contributed by atoms with Crippen LogP contribution in [-0.2, 0) is 4.74 Å². The van der Waals surface area contributed by atoms with Gasteiger partial charge in [-0.2, -0.15) is 0 Å². The van der Waals surface area contributed by atoms with Crippen molar-refractivity contribution < 1.29 is 19.1 Å². The summed E-state index contributed by atoms with van der Waals surface area (Å²) in [6.07, 6.45) is 0. The number of nitrogens with zero attached hydrogens (tertiary/aromatic N) is 1. The lowest BCUT2D eigenvalue weighted by Gasteiger charge is -2.12. The molecule has 0 aliphatic heterocycles. The maximum absolute atomic E-state index is 13.8. The fourth-order valence-electron chi connectivity index (χ4n) is 4.62. The lowest BCUT2D eigenvalue weighted by molar-refractivity contribution is 0.0603. The quantitative estimate of drug-likeness (QED) is 0.226. The Morgan fingerprint density at radius 2 is 1.56 bits per heavy atom. The number of anilines is 1. The molecule has 1 amide bonds. The molecule has 3 aromatic carbocycles. The highest BCUT2D eigenvalue weighted by Gasteiger charge is 2.26. The lowest BCUT2D eigenvalue weighted by Crippen LogP contribution is -2.15. The highest BCUT2D eigenvalue weighted by atomic mass is 32.1. The number of aromatic nitrogens is 1. The SMILES string of the molecule is COC(=O)c1c(NC(=O)c2cc(-c3ccc(C)c(C)c3)nc3ccccc23)sc(C)c1-c1ccc(OC)cc1. The minimum absolute atomic E-state index is 0.325. The molecule has 0 fully saturated rings. The van der Waals surface area contributed by atoms with Crippen molar-refractivity contribution in [2.45, 2.75) is 20.8 Å². The van der Waals surface area contributed by atoms with Crippen LogP contribution in [0.4, 0.5) is 5.00 Å². The first kappa shape index (κ1) is 26.1. The number of thiophene rings is 1. The van der Waals surface area contributed by atoms with Crippen LogP contribution >= 0.6 is 11.3 Å². The van der Waals surface area contributed by atoms with Gasteiger partial charge in [-0.1, -0.05) is 42.5 Å². The molecule has 0 unspecified atom stereocenters. The Kier molecular flexibility index (Phi) is 7.17. The van der Waals surface area contributed by atoms with Gasteiger partial charge in [-0.25, -0.2) is 9.78 Å². The van der Waals surface area contributed by atoms with E-state index in [0.29, 0.717) is 33.1 Å². The molecule has 7 heteroatoms. The van der Waals surface area contributed by atoms with Crippen LogP contribution in [0.5, 0.6) is 5.75 Å². The first-order valence-corrected chi connectivity index (χ1v) is 13.3. The van der Waals surface area contributed by atoms with Gasteiger partial charge in [0.25, 0.3) is 5.91 Å². The number of ether oxygens (including phenoxy) is 2. The van der Waals surface area contributed by atoms with Gasteiger partial charge in [0, 0.05) is 21.4 Å². The summed E-state index contributed by atoms with van der Waals surface area (Å²) in [5.74, 6) is -0.133. The summed E-state index contributed by atoms with van der Waals surface area (Å²) in [6, 6.07) is 23.0. The maximum atomic E-state index is 13.8. The van der Waals surface area contributed by atoms with E-state index in [-0.39, 0.29) is 5.91 Å². The molecule has 0 atom stereocenters. The number of carbonyl (C=O) groups is 2. The summed E-state index contributed by atoms with van der Waals surface area (Å²) in [7, 11) is 2.94. The zero-order valence-electron chi connectivity index (χ0n) is 22.4. The highest BCUT2D eigenvalue weighted by molar-refractivity contribution is 7.17. The second-order valence-corrected chi connectivity index (χ2v) is 10.5. The van der Waals surface area contributed by atoms with E-state index in [1.807, 2.05) is 67.6 Å². The van der Waals surface area contributed by atoms with Crippen LogP contribution in [-0.4, -0.2) is 31.1 Å². The number of hydrogen-bond acceptors (Lipinski definition) is 6. The zero-order chi connectivity index (χ0) is 27.7. The number of para-hydroxylation sites is 1. The fraction of sp³-hybridized carbons (Fsp3) is 0.156. The van der Waals surface area contributed by atoms with Gasteiger partial charge in [0.2, 0.25) is 0 Å². The molecule has 0 radical (unpaired) electrons. The van der Waals surface area contributed by atoms with Crippen LogP contribution in [0.2, 0.25) is 0 Å². The number of carbonyl (C=O) groups excluding carboxylic acids is 2. The average molecular weight is 537 g/mol. The van der Waals surface area contributed by atoms with Gasteiger partial charge in [-0.3, -0.25) is 4.79 Å². The first-order valence-electron chi connectivity index (χ1n) is 12.5. The summed E-state index contributed by atoms with van der Waals surface area (Å²) in [5, 5.41) is 4.17. The van der Waals surface area contributed by atoms with E-state index < -0.39 is 5.97 Å². The predicted octanol–water partition coefficient (Wildman–Crippen LogP) is 7.60. The predicted molar refractivity (Wildman–Crippen MR) is 157 cm³/mol. The van der Waals surface area contributed by atoms with Gasteiger partial charge in [-0.15, -0.1) is 11.3 Å². The number of methoxy groups -OCH3 is 2. The van der Waals surface area contributed by atoms with Crippen molar-refractivity contribution in [1.82, 2.24) is 4.98 Å². The van der Waals surface area contributed by atoms with Crippen LogP contribution < -0.4 is 10.1 Å². The molecule has 0 aliphatic carbocycles. The molecule has 196 valence electrons. The molecule has 5 rings (SSSR count). The second kappa shape index (κ2) is 10.7. The number of rotatable bonds is 6. The van der Waals surface area contributed by atoms with Crippen molar-refractivity contribution in [2.75, 3.05) is 19.5 Å². The third-order valence-electron chi connectivity index (χ3n) is 6.84. The van der Waals surface area contributed by atoms with E-state index in [1.165, 1.54) is 24.0 Å². The topological polar surface area (TPSA) is 77.5 Å². The number of aryl methyl sites for hydroxylation is 3. The van der Waals surface area contributed by atoms with Crippen LogP contribution in [0, 0.1) is 20.8 Å². The Labute approximate surface area is 231 Å². The van der Waals surface area contributed by atoms with Gasteiger partial charge < -0.3 is 14.8 Å². The molecular formula is C32H28N2O4S. The van der Waals surface area contributed by atoms with Crippen molar-refractivity contribution in [2.24, 2.45) is 0 Å². The summed E-state index contributed by atoms with van der Waals surface area (Å²) in [4.78, 5) is 32.5. The van der Waals surface area contributed by atoms with Crippen LogP contribution in [0.25, 0.3) is 33.3 Å². The molecule has 0 spiro atoms. The van der Waals surface area contributed by atoms with Crippen LogP contribution in [0.3, 0.4) is 0 Å². The summed E-state index contributed by atoms with van der Waals surface area (Å²) in [6.45, 7) is 6.04. The molecule has 39 heavy (non-hydrogen) atoms. The van der Waals surface area contributed by atoms with E-state index in [4.69, 9.17) is 14.5 Å². The van der Waals surface area contributed by atoms with Crippen LogP contribution in [0.1, 0.15) is 36.7 Å². The van der Waals surface area contributed by atoms with Gasteiger partial charge in [-0.05, 0) is 67.8 Å². The molecule has 2 heterocycles. The molecular weight excluding hydrogens is 508 g/mol. The molecule has 0 bridgehead atoms. The van der Waals surface area contributed by atoms with Gasteiger partial charge >= 0.3 is 5.97 Å². The molecule has 6 nitrogen and oxygen atoms in total. The number of nitrogens with one attached hydrogen (secondary N) is 1. The normalized spacial score (nSPS) is 10.9. The molecule has 0 saturated heterocycles. The maximum Gasteiger partial charge on any atom is 0.341 e. The van der Waals surface area contributed by atoms with Crippen LogP contribution in [0.15, 0.2) is 72.8 Å². The zero-order valence-corrected chi connectivity index (χ0v) is 23.2. The molecule has 5 aromatic rings. The van der Waals surface area contributed by atoms with E-state index in [2.05, 4.69) is 31.3 Å². The first-order chi connectivity index (χ1) is 18.8. The van der Waals surface area contributed by atoms with E-state index in [9.17, 15) is 9.59 Å². The van der Waals surface area contributed by atoms with Gasteiger partial charge in [0.1, 0.15) is 16.3 Å². The number of pyridine rings is 1. The van der Waals surface area contributed by atoms with Crippen molar-refractivity contribution in [3.8, 4) is 28.1 Å². The monoisotopic (exact) mass is 536 g/mol. The van der Waals surface area contributed by atoms with E-state index in [1.54, 1.807) is 7.11 Å². The molecule has 0 aliphatic rings. The Hall–Kier alpha value is -4.49. The van der Waals surface area contributed by atoms with Crippen molar-refractivity contribution in [1.29, 1.82) is 0 Å². The third kappa shape index (κ3) is 5.01. The molecule has 0 saturated carbocycles. The summed E-state index contributed by atoms with van der Waals surface area (Å²) in [5.41, 5.74) is 7.04. The standard InChI is InChI=1S/C32H28N2O4S/c1-18-10-11-22(16-19(18)2)27-17-25(24-8-6-7-9-26(24)33-27)30(35)34-31-29(32(36)38-5)28(20(3)39-31)21-12-14-23(37-4)15-13-21/h6-17H,1-5H3,(H,34,35). The van der Waals surface area contributed by atoms with Gasteiger partial charge in [0.05, 0.1) is 31.0 Å². The van der Waals surface area contributed by atoms with Crippen molar-refractivity contribution in [3.05, 3.63) is 99.9 Å². The number of fused-ring (bicyclic) bond motifs is 1.